The second kappa shape index (κ2) is 9.78. The average Bonchev–Trinajstić information content (AvgIpc) is 2.52. The number of nitrogens with zero attached hydrogens (tertiary/aromatic N) is 3. The molecule has 7 heteroatoms. The fourth-order valence-corrected chi connectivity index (χ4v) is 1.80. The summed E-state index contributed by atoms with van der Waals surface area (Å²) in [5.41, 5.74) is 0.953. The van der Waals surface area contributed by atoms with E-state index in [2.05, 4.69) is 10.3 Å². The standard InChI is InChI=1S/C16H25FN4O2/c1-20(2)15(22)11-19-16(18-9-10-23-4)21(3)12-13-5-7-14(17)8-6-13/h5-8H,9-12H2,1-4H3,(H,18,19). The van der Waals surface area contributed by atoms with E-state index in [4.69, 9.17) is 4.74 Å². The molecule has 0 aliphatic heterocycles. The number of halogens is 1. The number of rotatable bonds is 7. The molecule has 0 bridgehead atoms. The first kappa shape index (κ1) is 18.9. The van der Waals surface area contributed by atoms with Crippen LogP contribution in [0.5, 0.6) is 0 Å². The molecule has 0 aliphatic rings. The lowest BCUT2D eigenvalue weighted by atomic mass is 10.2. The Kier molecular flexibility index (Phi) is 8.04. The average molecular weight is 324 g/mol. The Balaban J connectivity index is 2.73. The molecule has 0 saturated heterocycles. The number of methoxy groups -OCH3 is 1. The molecule has 0 atom stereocenters. The van der Waals surface area contributed by atoms with E-state index >= 15 is 0 Å². The summed E-state index contributed by atoms with van der Waals surface area (Å²) >= 11 is 0. The van der Waals surface area contributed by atoms with Gasteiger partial charge in [0.2, 0.25) is 5.91 Å². The molecule has 1 aromatic carbocycles. The molecule has 1 amide bonds. The zero-order valence-electron chi connectivity index (χ0n) is 14.2. The van der Waals surface area contributed by atoms with Crippen LogP contribution in [-0.2, 0) is 16.1 Å². The van der Waals surface area contributed by atoms with Crippen LogP contribution in [0.15, 0.2) is 29.3 Å². The molecule has 0 fully saturated rings. The van der Waals surface area contributed by atoms with Crippen molar-refractivity contribution in [2.45, 2.75) is 6.54 Å². The first-order chi connectivity index (χ1) is 10.9. The van der Waals surface area contributed by atoms with Crippen molar-refractivity contribution in [3.05, 3.63) is 35.6 Å². The third-order valence-corrected chi connectivity index (χ3v) is 3.15. The molecular formula is C16H25FN4O2. The zero-order chi connectivity index (χ0) is 17.2. The number of benzene rings is 1. The Labute approximate surface area is 136 Å². The monoisotopic (exact) mass is 324 g/mol. The Bertz CT molecular complexity index is 517. The molecular weight excluding hydrogens is 299 g/mol. The quantitative estimate of drug-likeness (QED) is 0.461. The maximum Gasteiger partial charge on any atom is 0.243 e. The van der Waals surface area contributed by atoms with Crippen molar-refractivity contribution in [1.82, 2.24) is 15.1 Å². The molecule has 0 radical (unpaired) electrons. The molecule has 1 N–H and O–H groups in total. The smallest absolute Gasteiger partial charge is 0.243 e. The maximum atomic E-state index is 13.0. The number of likely N-dealkylation sites (N-methyl/N-ethyl adjacent to an activating group) is 1. The highest BCUT2D eigenvalue weighted by Crippen LogP contribution is 2.05. The van der Waals surface area contributed by atoms with Crippen molar-refractivity contribution in [2.75, 3.05) is 47.9 Å². The molecule has 1 rings (SSSR count). The van der Waals surface area contributed by atoms with Gasteiger partial charge in [0.1, 0.15) is 12.4 Å². The number of carbonyl (C=O) groups excluding carboxylic acids is 1. The summed E-state index contributed by atoms with van der Waals surface area (Å²) in [5, 5.41) is 3.15. The molecule has 23 heavy (non-hydrogen) atoms. The molecule has 0 saturated carbocycles. The number of amides is 1. The SMILES string of the molecule is COCCNC(=NCC(=O)N(C)C)N(C)Cc1ccc(F)cc1. The summed E-state index contributed by atoms with van der Waals surface area (Å²) < 4.78 is 18.0. The second-order valence-corrected chi connectivity index (χ2v) is 5.33. The van der Waals surface area contributed by atoms with E-state index in [9.17, 15) is 9.18 Å². The van der Waals surface area contributed by atoms with Gasteiger partial charge in [0.05, 0.1) is 6.61 Å². The van der Waals surface area contributed by atoms with E-state index in [0.29, 0.717) is 25.7 Å². The molecule has 1 aromatic rings. The highest BCUT2D eigenvalue weighted by atomic mass is 19.1. The fraction of sp³-hybridized carbons (Fsp3) is 0.500. The molecule has 0 spiro atoms. The minimum Gasteiger partial charge on any atom is -0.383 e. The highest BCUT2D eigenvalue weighted by molar-refractivity contribution is 5.84. The maximum absolute atomic E-state index is 13.0. The number of carbonyl (C=O) groups is 1. The number of guanidine groups is 1. The summed E-state index contributed by atoms with van der Waals surface area (Å²) in [6, 6.07) is 6.30. The Morgan fingerprint density at radius 1 is 1.26 bits per heavy atom. The summed E-state index contributed by atoms with van der Waals surface area (Å²) in [7, 11) is 6.87. The molecule has 0 aromatic heterocycles. The van der Waals surface area contributed by atoms with Gasteiger partial charge >= 0.3 is 0 Å². The summed E-state index contributed by atoms with van der Waals surface area (Å²) in [5.74, 6) is 0.257. The molecule has 0 heterocycles. The van der Waals surface area contributed by atoms with Gasteiger partial charge < -0.3 is 19.9 Å². The minimum atomic E-state index is -0.264. The Morgan fingerprint density at radius 3 is 2.48 bits per heavy atom. The van der Waals surface area contributed by atoms with Crippen molar-refractivity contribution in [1.29, 1.82) is 0 Å². The number of hydrogen-bond acceptors (Lipinski definition) is 3. The molecule has 6 nitrogen and oxygen atoms in total. The van der Waals surface area contributed by atoms with Gasteiger partial charge in [-0.3, -0.25) is 4.79 Å². The number of nitrogens with one attached hydrogen (secondary N) is 1. The van der Waals surface area contributed by atoms with Gasteiger partial charge in [0, 0.05) is 41.3 Å². The van der Waals surface area contributed by atoms with E-state index in [1.54, 1.807) is 33.3 Å². The van der Waals surface area contributed by atoms with Crippen LogP contribution in [0.1, 0.15) is 5.56 Å². The van der Waals surface area contributed by atoms with Crippen LogP contribution in [0, 0.1) is 5.82 Å². The lowest BCUT2D eigenvalue weighted by Gasteiger charge is -2.23. The van der Waals surface area contributed by atoms with Gasteiger partial charge in [0.25, 0.3) is 0 Å². The van der Waals surface area contributed by atoms with E-state index in [-0.39, 0.29) is 18.3 Å². The predicted octanol–water partition coefficient (Wildman–Crippen LogP) is 0.938. The Morgan fingerprint density at radius 2 is 1.91 bits per heavy atom. The van der Waals surface area contributed by atoms with Gasteiger partial charge in [-0.15, -0.1) is 0 Å². The van der Waals surface area contributed by atoms with E-state index < -0.39 is 0 Å². The largest absolute Gasteiger partial charge is 0.383 e. The lowest BCUT2D eigenvalue weighted by molar-refractivity contribution is -0.127. The van der Waals surface area contributed by atoms with Crippen LogP contribution >= 0.6 is 0 Å². The van der Waals surface area contributed by atoms with Crippen molar-refractivity contribution >= 4 is 11.9 Å². The van der Waals surface area contributed by atoms with Gasteiger partial charge in [-0.05, 0) is 17.7 Å². The van der Waals surface area contributed by atoms with E-state index in [1.165, 1.54) is 17.0 Å². The summed E-state index contributed by atoms with van der Waals surface area (Å²) in [6.45, 7) is 1.73. The van der Waals surface area contributed by atoms with Crippen LogP contribution < -0.4 is 5.32 Å². The third kappa shape index (κ3) is 7.10. The van der Waals surface area contributed by atoms with Crippen molar-refractivity contribution in [2.24, 2.45) is 4.99 Å². The van der Waals surface area contributed by atoms with Crippen LogP contribution in [0.3, 0.4) is 0 Å². The Hall–Kier alpha value is -2.15. The van der Waals surface area contributed by atoms with Gasteiger partial charge in [-0.25, -0.2) is 9.38 Å². The first-order valence-electron chi connectivity index (χ1n) is 7.37. The number of hydrogen-bond donors (Lipinski definition) is 1. The van der Waals surface area contributed by atoms with Crippen LogP contribution in [-0.4, -0.2) is 69.6 Å². The second-order valence-electron chi connectivity index (χ2n) is 5.33. The normalized spacial score (nSPS) is 11.3. The van der Waals surface area contributed by atoms with Crippen LogP contribution in [0.2, 0.25) is 0 Å². The van der Waals surface area contributed by atoms with E-state index in [0.717, 1.165) is 5.56 Å². The number of aliphatic imine (C=N–C) groups is 1. The van der Waals surface area contributed by atoms with Gasteiger partial charge in [-0.2, -0.15) is 0 Å². The van der Waals surface area contributed by atoms with Crippen molar-refractivity contribution < 1.29 is 13.9 Å². The van der Waals surface area contributed by atoms with Crippen molar-refractivity contribution in [3.63, 3.8) is 0 Å². The van der Waals surface area contributed by atoms with Crippen molar-refractivity contribution in [3.8, 4) is 0 Å². The summed E-state index contributed by atoms with van der Waals surface area (Å²) in [6.07, 6.45) is 0. The van der Waals surface area contributed by atoms with E-state index in [1.807, 2.05) is 11.9 Å². The molecule has 0 unspecified atom stereocenters. The van der Waals surface area contributed by atoms with Gasteiger partial charge in [0.15, 0.2) is 5.96 Å². The van der Waals surface area contributed by atoms with Crippen LogP contribution in [0.25, 0.3) is 0 Å². The first-order valence-corrected chi connectivity index (χ1v) is 7.37. The number of ether oxygens (including phenoxy) is 1. The lowest BCUT2D eigenvalue weighted by Crippen LogP contribution is -2.41. The van der Waals surface area contributed by atoms with Crippen LogP contribution in [0.4, 0.5) is 4.39 Å². The minimum absolute atomic E-state index is 0.0655. The highest BCUT2D eigenvalue weighted by Gasteiger charge is 2.09. The molecule has 128 valence electrons. The van der Waals surface area contributed by atoms with Gasteiger partial charge in [-0.1, -0.05) is 12.1 Å². The third-order valence-electron chi connectivity index (χ3n) is 3.15. The predicted molar refractivity (Wildman–Crippen MR) is 88.7 cm³/mol. The topological polar surface area (TPSA) is 57.2 Å². The summed E-state index contributed by atoms with van der Waals surface area (Å²) in [4.78, 5) is 19.4. The zero-order valence-corrected chi connectivity index (χ0v) is 14.2. The molecule has 0 aliphatic carbocycles. The fourth-order valence-electron chi connectivity index (χ4n) is 1.80.